The molecule has 0 aliphatic rings. The SMILES string of the molecule is Fc1ccc2cc(-c3nnc(-c4cccc(-c5nnc(-c6cnc7cc(F)ccc7c6)o5)c4)o3)cnc2c1. The smallest absolute Gasteiger partial charge is 0.249 e. The molecule has 4 heterocycles. The second-order valence-electron chi connectivity index (χ2n) is 8.53. The molecule has 4 aromatic heterocycles. The van der Waals surface area contributed by atoms with E-state index in [-0.39, 0.29) is 23.4 Å². The highest BCUT2D eigenvalue weighted by atomic mass is 19.1. The van der Waals surface area contributed by atoms with Gasteiger partial charge < -0.3 is 8.83 Å². The lowest BCUT2D eigenvalue weighted by Crippen LogP contribution is -1.84. The van der Waals surface area contributed by atoms with Crippen LogP contribution in [0.3, 0.4) is 0 Å². The van der Waals surface area contributed by atoms with E-state index in [4.69, 9.17) is 8.83 Å². The molecule has 0 spiro atoms. The number of rotatable bonds is 4. The van der Waals surface area contributed by atoms with Crippen molar-refractivity contribution in [2.75, 3.05) is 0 Å². The summed E-state index contributed by atoms with van der Waals surface area (Å²) < 4.78 is 38.7. The molecule has 0 aliphatic heterocycles. The van der Waals surface area contributed by atoms with Crippen molar-refractivity contribution in [3.8, 4) is 45.8 Å². The standard InChI is InChI=1S/C28H14F2N6O2/c29-21-6-4-15-8-19(13-31-23(15)11-21)27-35-33-25(37-27)17-2-1-3-18(10-17)26-34-36-28(38-26)20-9-16-5-7-22(30)12-24(16)32-14-20/h1-14H. The molecule has 3 aromatic carbocycles. The first kappa shape index (κ1) is 21.9. The number of fused-ring (bicyclic) bond motifs is 2. The zero-order chi connectivity index (χ0) is 25.6. The van der Waals surface area contributed by atoms with Crippen LogP contribution in [-0.2, 0) is 0 Å². The van der Waals surface area contributed by atoms with E-state index in [0.29, 0.717) is 45.1 Å². The Bertz CT molecular complexity index is 1850. The maximum Gasteiger partial charge on any atom is 0.249 e. The average molecular weight is 504 g/mol. The Morgan fingerprint density at radius 3 is 1.39 bits per heavy atom. The molecule has 7 aromatic rings. The fourth-order valence-electron chi connectivity index (χ4n) is 4.12. The van der Waals surface area contributed by atoms with E-state index in [9.17, 15) is 8.78 Å². The molecule has 0 fully saturated rings. The number of nitrogens with zero attached hydrogens (tertiary/aromatic N) is 6. The van der Waals surface area contributed by atoms with Gasteiger partial charge in [-0.3, -0.25) is 9.97 Å². The van der Waals surface area contributed by atoms with Crippen molar-refractivity contribution in [2.45, 2.75) is 0 Å². The van der Waals surface area contributed by atoms with E-state index < -0.39 is 0 Å². The minimum absolute atomic E-state index is 0.285. The van der Waals surface area contributed by atoms with E-state index >= 15 is 0 Å². The number of hydrogen-bond donors (Lipinski definition) is 0. The fraction of sp³-hybridized carbons (Fsp3) is 0. The van der Waals surface area contributed by atoms with Gasteiger partial charge in [0.2, 0.25) is 23.6 Å². The summed E-state index contributed by atoms with van der Waals surface area (Å²) in [5.74, 6) is 0.465. The highest BCUT2D eigenvalue weighted by molar-refractivity contribution is 5.83. The van der Waals surface area contributed by atoms with Gasteiger partial charge in [-0.1, -0.05) is 6.07 Å². The summed E-state index contributed by atoms with van der Waals surface area (Å²) in [6.07, 6.45) is 3.13. The Kier molecular flexibility index (Phi) is 4.96. The van der Waals surface area contributed by atoms with Crippen LogP contribution in [0.2, 0.25) is 0 Å². The summed E-state index contributed by atoms with van der Waals surface area (Å²) >= 11 is 0. The lowest BCUT2D eigenvalue weighted by molar-refractivity contribution is 0.582. The molecule has 7 rings (SSSR count). The summed E-state index contributed by atoms with van der Waals surface area (Å²) in [6.45, 7) is 0. The third-order valence-electron chi connectivity index (χ3n) is 5.99. The predicted octanol–water partition coefficient (Wildman–Crippen LogP) is 6.50. The number of benzene rings is 3. The van der Waals surface area contributed by atoms with Crippen LogP contribution in [-0.4, -0.2) is 30.4 Å². The topological polar surface area (TPSA) is 104 Å². The van der Waals surface area contributed by atoms with Gasteiger partial charge in [-0.05, 0) is 54.6 Å². The molecule has 8 nitrogen and oxygen atoms in total. The lowest BCUT2D eigenvalue weighted by atomic mass is 10.1. The van der Waals surface area contributed by atoms with Crippen molar-refractivity contribution >= 4 is 21.8 Å². The molecule has 0 aliphatic carbocycles. The van der Waals surface area contributed by atoms with Crippen LogP contribution in [0.5, 0.6) is 0 Å². The second-order valence-corrected chi connectivity index (χ2v) is 8.53. The highest BCUT2D eigenvalue weighted by Crippen LogP contribution is 2.30. The van der Waals surface area contributed by atoms with Crippen LogP contribution >= 0.6 is 0 Å². The molecule has 0 unspecified atom stereocenters. The number of halogens is 2. The van der Waals surface area contributed by atoms with E-state index in [2.05, 4.69) is 30.4 Å². The van der Waals surface area contributed by atoms with E-state index in [1.807, 2.05) is 30.3 Å². The van der Waals surface area contributed by atoms with Crippen LogP contribution < -0.4 is 0 Å². The van der Waals surface area contributed by atoms with Crippen molar-refractivity contribution in [1.29, 1.82) is 0 Å². The molecule has 0 bridgehead atoms. The molecule has 0 saturated heterocycles. The minimum Gasteiger partial charge on any atom is -0.416 e. The maximum atomic E-state index is 13.5. The third-order valence-corrected chi connectivity index (χ3v) is 5.99. The predicted molar refractivity (Wildman–Crippen MR) is 134 cm³/mol. The maximum absolute atomic E-state index is 13.5. The van der Waals surface area contributed by atoms with Gasteiger partial charge in [0.25, 0.3) is 0 Å². The number of aromatic nitrogens is 6. The molecule has 10 heteroatoms. The summed E-state index contributed by atoms with van der Waals surface area (Å²) in [5, 5.41) is 18.2. The molecule has 0 N–H and O–H groups in total. The first-order valence-corrected chi connectivity index (χ1v) is 11.5. The highest BCUT2D eigenvalue weighted by Gasteiger charge is 2.16. The average Bonchev–Trinajstić information content (AvgIpc) is 3.64. The first-order valence-electron chi connectivity index (χ1n) is 11.5. The third kappa shape index (κ3) is 3.94. The van der Waals surface area contributed by atoms with Gasteiger partial charge in [0, 0.05) is 46.4 Å². The number of hydrogen-bond acceptors (Lipinski definition) is 8. The Hall–Kier alpha value is -5.38. The lowest BCUT2D eigenvalue weighted by Gasteiger charge is -2.00. The number of pyridine rings is 2. The van der Waals surface area contributed by atoms with Crippen molar-refractivity contribution in [3.05, 3.63) is 96.8 Å². The largest absolute Gasteiger partial charge is 0.416 e. The quantitative estimate of drug-likeness (QED) is 0.268. The van der Waals surface area contributed by atoms with Crippen LogP contribution in [0.25, 0.3) is 67.6 Å². The molecular weight excluding hydrogens is 490 g/mol. The first-order chi connectivity index (χ1) is 18.6. The summed E-state index contributed by atoms with van der Waals surface area (Å²) in [6, 6.07) is 19.7. The van der Waals surface area contributed by atoms with Gasteiger partial charge in [0.1, 0.15) is 11.6 Å². The molecule has 182 valence electrons. The molecule has 38 heavy (non-hydrogen) atoms. The van der Waals surface area contributed by atoms with E-state index in [0.717, 1.165) is 10.8 Å². The Morgan fingerprint density at radius 2 is 0.921 bits per heavy atom. The van der Waals surface area contributed by atoms with Crippen LogP contribution in [0.4, 0.5) is 8.78 Å². The summed E-state index contributed by atoms with van der Waals surface area (Å²) in [4.78, 5) is 8.57. The van der Waals surface area contributed by atoms with Gasteiger partial charge in [-0.25, -0.2) is 8.78 Å². The van der Waals surface area contributed by atoms with E-state index in [1.165, 1.54) is 24.3 Å². The van der Waals surface area contributed by atoms with Crippen LogP contribution in [0.1, 0.15) is 0 Å². The van der Waals surface area contributed by atoms with Crippen LogP contribution in [0, 0.1) is 11.6 Å². The monoisotopic (exact) mass is 504 g/mol. The summed E-state index contributed by atoms with van der Waals surface area (Å²) in [7, 11) is 0. The van der Waals surface area contributed by atoms with Gasteiger partial charge in [0.05, 0.1) is 22.2 Å². The van der Waals surface area contributed by atoms with E-state index in [1.54, 1.807) is 30.6 Å². The van der Waals surface area contributed by atoms with Gasteiger partial charge >= 0.3 is 0 Å². The van der Waals surface area contributed by atoms with Crippen molar-refractivity contribution in [2.24, 2.45) is 0 Å². The molecule has 0 amide bonds. The normalized spacial score (nSPS) is 11.4. The second kappa shape index (κ2) is 8.63. The van der Waals surface area contributed by atoms with Gasteiger partial charge in [-0.2, -0.15) is 0 Å². The zero-order valence-corrected chi connectivity index (χ0v) is 19.3. The van der Waals surface area contributed by atoms with Crippen molar-refractivity contribution in [1.82, 2.24) is 30.4 Å². The van der Waals surface area contributed by atoms with Crippen molar-refractivity contribution < 1.29 is 17.6 Å². The Morgan fingerprint density at radius 1 is 0.474 bits per heavy atom. The van der Waals surface area contributed by atoms with Crippen molar-refractivity contribution in [3.63, 3.8) is 0 Å². The zero-order valence-electron chi connectivity index (χ0n) is 19.3. The Labute approximate surface area is 212 Å². The minimum atomic E-state index is -0.350. The van der Waals surface area contributed by atoms with Gasteiger partial charge in [-0.15, -0.1) is 20.4 Å². The van der Waals surface area contributed by atoms with Crippen LogP contribution in [0.15, 0.2) is 94.0 Å². The molecule has 0 atom stereocenters. The summed E-state index contributed by atoms with van der Waals surface area (Å²) in [5.41, 5.74) is 3.62. The van der Waals surface area contributed by atoms with Gasteiger partial charge in [0.15, 0.2) is 0 Å². The Balaban J connectivity index is 1.18. The molecular formula is C28H14F2N6O2. The molecule has 0 radical (unpaired) electrons. The molecule has 0 saturated carbocycles. The fourth-order valence-corrected chi connectivity index (χ4v) is 4.12.